The van der Waals surface area contributed by atoms with Crippen LogP contribution in [0.25, 0.3) is 0 Å². The van der Waals surface area contributed by atoms with Gasteiger partial charge in [0.05, 0.1) is 0 Å². The molecule has 0 aromatic heterocycles. The average molecular weight is 320 g/mol. The molecule has 0 amide bonds. The third-order valence-corrected chi connectivity index (χ3v) is 4.09. The standard InChI is InChI=1S/C14H12FN3Se/c1-9-5-6-11(15)10(7-9)8-16-12-3-2-4-13-14(12)18-19-17-13/h2-7,16H,8H2,1H3. The average Bonchev–Trinajstić information content (AvgIpc) is 2.88. The molecule has 5 heteroatoms. The van der Waals surface area contributed by atoms with Gasteiger partial charge in [-0.3, -0.25) is 0 Å². The van der Waals surface area contributed by atoms with Crippen LogP contribution in [0.4, 0.5) is 21.5 Å². The van der Waals surface area contributed by atoms with Gasteiger partial charge in [0.1, 0.15) is 0 Å². The Hall–Kier alpha value is -1.71. The number of halogens is 1. The van der Waals surface area contributed by atoms with Crippen LogP contribution < -0.4 is 5.32 Å². The van der Waals surface area contributed by atoms with Crippen molar-refractivity contribution in [2.75, 3.05) is 5.32 Å². The van der Waals surface area contributed by atoms with Gasteiger partial charge in [0.15, 0.2) is 0 Å². The van der Waals surface area contributed by atoms with Gasteiger partial charge in [-0.15, -0.1) is 0 Å². The van der Waals surface area contributed by atoms with Gasteiger partial charge in [0.2, 0.25) is 0 Å². The zero-order valence-electron chi connectivity index (χ0n) is 10.4. The molecule has 19 heavy (non-hydrogen) atoms. The first-order chi connectivity index (χ1) is 9.24. The molecule has 1 aliphatic rings. The van der Waals surface area contributed by atoms with Crippen LogP contribution >= 0.6 is 0 Å². The molecular weight excluding hydrogens is 308 g/mol. The summed E-state index contributed by atoms with van der Waals surface area (Å²) in [6, 6.07) is 11.0. The Morgan fingerprint density at radius 3 is 3.00 bits per heavy atom. The van der Waals surface area contributed by atoms with Crippen LogP contribution in [0.2, 0.25) is 0 Å². The normalized spacial score (nSPS) is 12.1. The molecule has 2 aromatic rings. The molecule has 0 atom stereocenters. The van der Waals surface area contributed by atoms with Crippen molar-refractivity contribution in [1.29, 1.82) is 0 Å². The van der Waals surface area contributed by atoms with Crippen molar-refractivity contribution >= 4 is 31.6 Å². The molecule has 1 aliphatic heterocycles. The van der Waals surface area contributed by atoms with Crippen LogP contribution in [0.15, 0.2) is 44.3 Å². The molecule has 1 N–H and O–H groups in total. The van der Waals surface area contributed by atoms with Gasteiger partial charge >= 0.3 is 116 Å². The molecule has 0 saturated carbocycles. The fourth-order valence-electron chi connectivity index (χ4n) is 1.98. The van der Waals surface area contributed by atoms with Gasteiger partial charge in [-0.1, -0.05) is 0 Å². The fraction of sp³-hybridized carbons (Fsp3) is 0.143. The molecule has 0 saturated heterocycles. The Balaban J connectivity index is 1.82. The summed E-state index contributed by atoms with van der Waals surface area (Å²) in [6.07, 6.45) is 0. The van der Waals surface area contributed by atoms with Gasteiger partial charge < -0.3 is 0 Å². The van der Waals surface area contributed by atoms with Gasteiger partial charge in [-0.2, -0.15) is 0 Å². The number of anilines is 1. The SMILES string of the molecule is Cc1ccc(F)c(CNc2cccc3c2N=[Se]=N3)c1. The third-order valence-electron chi connectivity index (χ3n) is 2.96. The van der Waals surface area contributed by atoms with Gasteiger partial charge in [-0.05, 0) is 0 Å². The van der Waals surface area contributed by atoms with E-state index in [-0.39, 0.29) is 20.4 Å². The minimum atomic E-state index is -0.184. The first-order valence-electron chi connectivity index (χ1n) is 5.94. The van der Waals surface area contributed by atoms with Crippen LogP contribution in [0, 0.1) is 12.7 Å². The molecule has 96 valence electrons. The minimum absolute atomic E-state index is 0.0469. The van der Waals surface area contributed by atoms with Crippen LogP contribution in [-0.2, 0) is 6.54 Å². The van der Waals surface area contributed by atoms with Crippen molar-refractivity contribution in [2.45, 2.75) is 13.5 Å². The van der Waals surface area contributed by atoms with Crippen molar-refractivity contribution in [3.8, 4) is 0 Å². The number of nitrogens with zero attached hydrogens (tertiary/aromatic N) is 2. The van der Waals surface area contributed by atoms with Crippen molar-refractivity contribution in [3.63, 3.8) is 0 Å². The first kappa shape index (κ1) is 12.3. The Kier molecular flexibility index (Phi) is 3.32. The van der Waals surface area contributed by atoms with Crippen LogP contribution in [0.3, 0.4) is 0 Å². The van der Waals surface area contributed by atoms with E-state index in [9.17, 15) is 4.39 Å². The zero-order chi connectivity index (χ0) is 13.2. The molecular formula is C14H12FN3Se. The topological polar surface area (TPSA) is 36.8 Å². The van der Waals surface area contributed by atoms with Crippen molar-refractivity contribution in [1.82, 2.24) is 0 Å². The second kappa shape index (κ2) is 5.11. The molecule has 0 aliphatic carbocycles. The van der Waals surface area contributed by atoms with E-state index in [0.29, 0.717) is 12.1 Å². The Bertz CT molecular complexity index is 706. The Morgan fingerprint density at radius 2 is 2.11 bits per heavy atom. The molecule has 3 rings (SSSR count). The molecule has 3 nitrogen and oxygen atoms in total. The van der Waals surface area contributed by atoms with E-state index >= 15 is 0 Å². The summed E-state index contributed by atoms with van der Waals surface area (Å²) < 4.78 is 22.4. The second-order valence-electron chi connectivity index (χ2n) is 4.39. The predicted octanol–water partition coefficient (Wildman–Crippen LogP) is 4.09. The van der Waals surface area contributed by atoms with Gasteiger partial charge in [0.25, 0.3) is 0 Å². The van der Waals surface area contributed by atoms with E-state index in [1.807, 2.05) is 31.2 Å². The van der Waals surface area contributed by atoms with E-state index in [1.54, 1.807) is 6.07 Å². The molecule has 1 heterocycles. The molecule has 0 fully saturated rings. The number of hydrogen-bond acceptors (Lipinski definition) is 3. The number of rotatable bonds is 3. The molecule has 0 spiro atoms. The zero-order valence-corrected chi connectivity index (χ0v) is 12.1. The molecule has 0 unspecified atom stereocenters. The van der Waals surface area contributed by atoms with E-state index in [1.165, 1.54) is 6.07 Å². The van der Waals surface area contributed by atoms with E-state index in [2.05, 4.69) is 13.2 Å². The summed E-state index contributed by atoms with van der Waals surface area (Å²) in [5, 5.41) is 3.25. The van der Waals surface area contributed by atoms with Crippen molar-refractivity contribution in [2.24, 2.45) is 7.92 Å². The Morgan fingerprint density at radius 1 is 1.21 bits per heavy atom. The second-order valence-corrected chi connectivity index (χ2v) is 5.49. The van der Waals surface area contributed by atoms with Crippen LogP contribution in [0.5, 0.6) is 0 Å². The number of fused-ring (bicyclic) bond motifs is 1. The molecule has 2 aromatic carbocycles. The Labute approximate surface area is 116 Å². The summed E-state index contributed by atoms with van der Waals surface area (Å²) in [5.41, 5.74) is 4.46. The van der Waals surface area contributed by atoms with E-state index < -0.39 is 0 Å². The van der Waals surface area contributed by atoms with Gasteiger partial charge in [0, 0.05) is 0 Å². The van der Waals surface area contributed by atoms with Crippen LogP contribution in [0.1, 0.15) is 11.1 Å². The van der Waals surface area contributed by atoms with Crippen LogP contribution in [-0.4, -0.2) is 14.6 Å². The summed E-state index contributed by atoms with van der Waals surface area (Å²) >= 11 is -0.0469. The number of hydrogen-bond donors (Lipinski definition) is 1. The maximum absolute atomic E-state index is 13.7. The molecule has 0 radical (unpaired) electrons. The van der Waals surface area contributed by atoms with Crippen molar-refractivity contribution < 1.29 is 4.39 Å². The summed E-state index contributed by atoms with van der Waals surface area (Å²) in [4.78, 5) is 0. The predicted molar refractivity (Wildman–Crippen MR) is 74.8 cm³/mol. The van der Waals surface area contributed by atoms with Crippen molar-refractivity contribution in [3.05, 3.63) is 53.3 Å². The molecule has 0 bridgehead atoms. The van der Waals surface area contributed by atoms with E-state index in [0.717, 1.165) is 22.6 Å². The summed E-state index contributed by atoms with van der Waals surface area (Å²) in [5.74, 6) is -0.184. The van der Waals surface area contributed by atoms with Gasteiger partial charge in [-0.25, -0.2) is 0 Å². The summed E-state index contributed by atoms with van der Waals surface area (Å²) in [6.45, 7) is 2.41. The quantitative estimate of drug-likeness (QED) is 0.725. The fourth-order valence-corrected chi connectivity index (χ4v) is 3.13. The number of nitrogens with one attached hydrogen (secondary N) is 1. The monoisotopic (exact) mass is 321 g/mol. The third kappa shape index (κ3) is 2.53. The summed E-state index contributed by atoms with van der Waals surface area (Å²) in [7, 11) is 0. The first-order valence-corrected chi connectivity index (χ1v) is 7.47. The maximum atomic E-state index is 13.7. The van der Waals surface area contributed by atoms with E-state index in [4.69, 9.17) is 0 Å². The number of aryl methyl sites for hydroxylation is 1. The number of benzene rings is 2.